The molecule has 0 spiro atoms. The van der Waals surface area contributed by atoms with Crippen LogP contribution in [0.25, 0.3) is 17.0 Å². The summed E-state index contributed by atoms with van der Waals surface area (Å²) in [6.45, 7) is 0. The van der Waals surface area contributed by atoms with E-state index in [9.17, 15) is 9.59 Å². The molecule has 188 valence electrons. The van der Waals surface area contributed by atoms with Gasteiger partial charge in [-0.3, -0.25) is 25.0 Å². The summed E-state index contributed by atoms with van der Waals surface area (Å²) in [5, 5.41) is 5.66. The summed E-state index contributed by atoms with van der Waals surface area (Å²) in [5.74, 6) is 0.0856. The molecule has 0 aliphatic carbocycles. The molecule has 3 aromatic carbocycles. The van der Waals surface area contributed by atoms with E-state index >= 15 is 0 Å². The summed E-state index contributed by atoms with van der Waals surface area (Å²) >= 11 is 6.11. The number of benzene rings is 3. The molecular formula is C28H25ClN4O4. The number of carbonyl (C=O) groups is 2. The Morgan fingerprint density at radius 3 is 2.43 bits per heavy atom. The summed E-state index contributed by atoms with van der Waals surface area (Å²) in [6.07, 6.45) is 3.20. The van der Waals surface area contributed by atoms with E-state index in [4.69, 9.17) is 21.1 Å². The van der Waals surface area contributed by atoms with Gasteiger partial charge in [0.25, 0.3) is 11.8 Å². The van der Waals surface area contributed by atoms with Gasteiger partial charge in [0, 0.05) is 29.2 Å². The van der Waals surface area contributed by atoms with Crippen LogP contribution in [0, 0.1) is 0 Å². The van der Waals surface area contributed by atoms with Gasteiger partial charge < -0.3 is 14.8 Å². The quantitative estimate of drug-likeness (QED) is 0.257. The van der Waals surface area contributed by atoms with E-state index in [-0.39, 0.29) is 5.70 Å². The molecule has 9 heteroatoms. The maximum absolute atomic E-state index is 13.4. The van der Waals surface area contributed by atoms with Crippen LogP contribution in [0.4, 0.5) is 5.69 Å². The van der Waals surface area contributed by atoms with E-state index in [0.717, 1.165) is 5.39 Å². The minimum absolute atomic E-state index is 0.0364. The van der Waals surface area contributed by atoms with Gasteiger partial charge in [0.1, 0.15) is 5.70 Å². The number of hydrazine groups is 1. The van der Waals surface area contributed by atoms with Gasteiger partial charge in [0.05, 0.1) is 25.4 Å². The number of fused-ring (bicyclic) bond motifs is 1. The average Bonchev–Trinajstić information content (AvgIpc) is 2.92. The van der Waals surface area contributed by atoms with E-state index in [0.29, 0.717) is 38.9 Å². The topological polar surface area (TPSA) is 92.8 Å². The zero-order valence-corrected chi connectivity index (χ0v) is 21.2. The standard InChI is InChI=1S/C28H25ClN4O4/c1-33(24-13-14-30-22-17-20(29)10-11-21(22)24)32-28(35)23(31-27(34)19-7-5-4-6-8-19)15-18-9-12-25(36-2)26(16-18)37-3/h4-17H,1-3H3,(H,31,34)(H,32,35)/b23-15-. The third-order valence-corrected chi connectivity index (χ3v) is 5.79. The average molecular weight is 517 g/mol. The van der Waals surface area contributed by atoms with Gasteiger partial charge in [-0.2, -0.15) is 0 Å². The zero-order valence-electron chi connectivity index (χ0n) is 20.5. The highest BCUT2D eigenvalue weighted by molar-refractivity contribution is 6.31. The van der Waals surface area contributed by atoms with Gasteiger partial charge in [-0.25, -0.2) is 0 Å². The Hall–Kier alpha value is -4.56. The van der Waals surface area contributed by atoms with Crippen LogP contribution < -0.4 is 25.2 Å². The van der Waals surface area contributed by atoms with Gasteiger partial charge in [0.2, 0.25) is 0 Å². The van der Waals surface area contributed by atoms with Gasteiger partial charge in [0.15, 0.2) is 11.5 Å². The Labute approximate surface area is 219 Å². The molecule has 0 aliphatic rings. The van der Waals surface area contributed by atoms with Crippen molar-refractivity contribution in [3.8, 4) is 11.5 Å². The molecule has 0 radical (unpaired) electrons. The molecule has 0 saturated heterocycles. The summed E-state index contributed by atoms with van der Waals surface area (Å²) in [6, 6.07) is 21.0. The zero-order chi connectivity index (χ0) is 26.4. The van der Waals surface area contributed by atoms with Crippen molar-refractivity contribution in [1.29, 1.82) is 0 Å². The van der Waals surface area contributed by atoms with Crippen molar-refractivity contribution in [2.75, 3.05) is 26.3 Å². The second-order valence-electron chi connectivity index (χ2n) is 7.98. The lowest BCUT2D eigenvalue weighted by Gasteiger charge is -2.23. The molecular weight excluding hydrogens is 492 g/mol. The molecule has 0 fully saturated rings. The van der Waals surface area contributed by atoms with Crippen molar-refractivity contribution in [1.82, 2.24) is 15.7 Å². The molecule has 4 aromatic rings. The number of rotatable bonds is 8. The molecule has 0 unspecified atom stereocenters. The van der Waals surface area contributed by atoms with Crippen molar-refractivity contribution >= 4 is 46.1 Å². The first kappa shape index (κ1) is 25.5. The number of methoxy groups -OCH3 is 2. The number of carbonyl (C=O) groups excluding carboxylic acids is 2. The highest BCUT2D eigenvalue weighted by Gasteiger charge is 2.18. The van der Waals surface area contributed by atoms with E-state index < -0.39 is 11.8 Å². The fourth-order valence-corrected chi connectivity index (χ4v) is 3.89. The smallest absolute Gasteiger partial charge is 0.286 e. The molecule has 2 amide bonds. The Bertz CT molecular complexity index is 1470. The van der Waals surface area contributed by atoms with Crippen LogP contribution in [0.5, 0.6) is 11.5 Å². The minimum atomic E-state index is -0.527. The predicted molar refractivity (Wildman–Crippen MR) is 145 cm³/mol. The van der Waals surface area contributed by atoms with E-state index in [2.05, 4.69) is 15.7 Å². The van der Waals surface area contributed by atoms with Crippen molar-refractivity contribution in [3.63, 3.8) is 0 Å². The molecule has 2 N–H and O–H groups in total. The fourth-order valence-electron chi connectivity index (χ4n) is 3.72. The highest BCUT2D eigenvalue weighted by atomic mass is 35.5. The van der Waals surface area contributed by atoms with Crippen molar-refractivity contribution in [3.05, 3.63) is 101 Å². The molecule has 1 heterocycles. The number of aromatic nitrogens is 1. The summed E-state index contributed by atoms with van der Waals surface area (Å²) in [7, 11) is 4.77. The van der Waals surface area contributed by atoms with E-state index in [1.165, 1.54) is 7.11 Å². The normalized spacial score (nSPS) is 11.1. The Kier molecular flexibility index (Phi) is 7.90. The van der Waals surface area contributed by atoms with Crippen LogP contribution in [-0.4, -0.2) is 38.1 Å². The lowest BCUT2D eigenvalue weighted by Crippen LogP contribution is -2.43. The van der Waals surface area contributed by atoms with Crippen LogP contribution >= 0.6 is 11.6 Å². The number of halogens is 1. The number of hydrogen-bond donors (Lipinski definition) is 2. The number of nitrogens with zero attached hydrogens (tertiary/aromatic N) is 2. The molecule has 8 nitrogen and oxygen atoms in total. The Morgan fingerprint density at radius 1 is 0.946 bits per heavy atom. The lowest BCUT2D eigenvalue weighted by molar-refractivity contribution is -0.117. The molecule has 0 aliphatic heterocycles. The molecule has 0 bridgehead atoms. The maximum atomic E-state index is 13.4. The minimum Gasteiger partial charge on any atom is -0.493 e. The van der Waals surface area contributed by atoms with Crippen LogP contribution in [-0.2, 0) is 4.79 Å². The summed E-state index contributed by atoms with van der Waals surface area (Å²) in [4.78, 5) is 30.7. The third-order valence-electron chi connectivity index (χ3n) is 5.56. The molecule has 37 heavy (non-hydrogen) atoms. The number of hydrogen-bond acceptors (Lipinski definition) is 6. The SMILES string of the molecule is COc1ccc(/C=C(\NC(=O)c2ccccc2)C(=O)NN(C)c2ccnc3cc(Cl)ccc23)cc1OC. The van der Waals surface area contributed by atoms with E-state index in [1.54, 1.807) is 92.1 Å². The number of nitrogens with one attached hydrogen (secondary N) is 2. The van der Waals surface area contributed by atoms with Crippen molar-refractivity contribution < 1.29 is 19.1 Å². The Balaban J connectivity index is 1.66. The molecule has 1 aromatic heterocycles. The molecule has 4 rings (SSSR count). The lowest BCUT2D eigenvalue weighted by atomic mass is 10.1. The monoisotopic (exact) mass is 516 g/mol. The van der Waals surface area contributed by atoms with Crippen molar-refractivity contribution in [2.45, 2.75) is 0 Å². The summed E-state index contributed by atoms with van der Waals surface area (Å²) in [5.41, 5.74) is 5.29. The second-order valence-corrected chi connectivity index (χ2v) is 8.42. The van der Waals surface area contributed by atoms with Crippen LogP contribution in [0.3, 0.4) is 0 Å². The third kappa shape index (κ3) is 5.99. The molecule has 0 saturated carbocycles. The van der Waals surface area contributed by atoms with Gasteiger partial charge in [-0.05, 0) is 60.2 Å². The van der Waals surface area contributed by atoms with Crippen LogP contribution in [0.15, 0.2) is 84.7 Å². The number of pyridine rings is 1. The highest BCUT2D eigenvalue weighted by Crippen LogP contribution is 2.29. The molecule has 0 atom stereocenters. The number of ether oxygens (including phenoxy) is 2. The largest absolute Gasteiger partial charge is 0.493 e. The van der Waals surface area contributed by atoms with Gasteiger partial charge in [-0.1, -0.05) is 35.9 Å². The van der Waals surface area contributed by atoms with Gasteiger partial charge >= 0.3 is 0 Å². The fraction of sp³-hybridized carbons (Fsp3) is 0.107. The van der Waals surface area contributed by atoms with Crippen LogP contribution in [0.1, 0.15) is 15.9 Å². The number of anilines is 1. The van der Waals surface area contributed by atoms with Crippen LogP contribution in [0.2, 0.25) is 5.02 Å². The van der Waals surface area contributed by atoms with E-state index in [1.807, 2.05) is 12.1 Å². The second kappa shape index (κ2) is 11.5. The maximum Gasteiger partial charge on any atom is 0.286 e. The first-order valence-electron chi connectivity index (χ1n) is 11.3. The summed E-state index contributed by atoms with van der Waals surface area (Å²) < 4.78 is 10.7. The number of amides is 2. The predicted octanol–water partition coefficient (Wildman–Crippen LogP) is 4.84. The van der Waals surface area contributed by atoms with Crippen molar-refractivity contribution in [2.24, 2.45) is 0 Å². The first-order chi connectivity index (χ1) is 17.9. The van der Waals surface area contributed by atoms with Gasteiger partial charge in [-0.15, -0.1) is 0 Å². The first-order valence-corrected chi connectivity index (χ1v) is 11.7. The Morgan fingerprint density at radius 2 is 1.70 bits per heavy atom.